The van der Waals surface area contributed by atoms with Crippen LogP contribution in [0.5, 0.6) is 0 Å². The molecule has 0 bridgehead atoms. The molecule has 4 nitrogen and oxygen atoms in total. The molecule has 3 aromatic rings. The van der Waals surface area contributed by atoms with Crippen LogP contribution in [0.3, 0.4) is 0 Å². The first-order valence-electron chi connectivity index (χ1n) is 8.28. The van der Waals surface area contributed by atoms with Gasteiger partial charge in [-0.2, -0.15) is 5.10 Å². The van der Waals surface area contributed by atoms with Gasteiger partial charge in [-0.25, -0.2) is 0 Å². The molecule has 1 aliphatic carbocycles. The Morgan fingerprint density at radius 1 is 1.08 bits per heavy atom. The number of carbonyl (C=O) groups is 1. The van der Waals surface area contributed by atoms with E-state index in [-0.39, 0.29) is 5.91 Å². The fourth-order valence-corrected chi connectivity index (χ4v) is 3.26. The average molecular weight is 317 g/mol. The van der Waals surface area contributed by atoms with E-state index in [2.05, 4.69) is 40.7 Å². The van der Waals surface area contributed by atoms with Gasteiger partial charge in [0.15, 0.2) is 0 Å². The lowest BCUT2D eigenvalue weighted by Gasteiger charge is -2.07. The summed E-state index contributed by atoms with van der Waals surface area (Å²) >= 11 is 0. The van der Waals surface area contributed by atoms with Crippen LogP contribution in [0, 0.1) is 0 Å². The van der Waals surface area contributed by atoms with Crippen LogP contribution in [-0.4, -0.2) is 22.2 Å². The molecule has 1 aliphatic rings. The quantitative estimate of drug-likeness (QED) is 0.574. The maximum atomic E-state index is 12.3. The van der Waals surface area contributed by atoms with Crippen LogP contribution in [0.2, 0.25) is 0 Å². The van der Waals surface area contributed by atoms with Crippen molar-refractivity contribution in [2.24, 2.45) is 0 Å². The summed E-state index contributed by atoms with van der Waals surface area (Å²) in [6.45, 7) is 1.46. The van der Waals surface area contributed by atoms with Crippen LogP contribution in [0.25, 0.3) is 11.1 Å². The first-order chi connectivity index (χ1) is 11.8. The maximum absolute atomic E-state index is 12.3. The second-order valence-corrected chi connectivity index (χ2v) is 6.08. The fraction of sp³-hybridized carbons (Fsp3) is 0.200. The molecule has 4 rings (SSSR count). The molecule has 2 aromatic carbocycles. The predicted molar refractivity (Wildman–Crippen MR) is 93.9 cm³/mol. The molecule has 0 fully saturated rings. The van der Waals surface area contributed by atoms with E-state index in [0.717, 1.165) is 24.9 Å². The second kappa shape index (κ2) is 6.32. The van der Waals surface area contributed by atoms with Crippen LogP contribution in [-0.2, 0) is 13.0 Å². The molecule has 0 saturated carbocycles. The normalized spacial score (nSPS) is 11.8. The zero-order valence-corrected chi connectivity index (χ0v) is 13.4. The van der Waals surface area contributed by atoms with E-state index in [0.29, 0.717) is 6.54 Å². The lowest BCUT2D eigenvalue weighted by atomic mass is 10.0. The number of nitrogens with zero attached hydrogens (tertiary/aromatic N) is 2. The van der Waals surface area contributed by atoms with Gasteiger partial charge in [0.05, 0.1) is 0 Å². The number of carbonyl (C=O) groups excluding carboxylic acids is 1. The molecule has 0 atom stereocenters. The standard InChI is InChI=1S/C20H19N3O/c24-20(21-9-3-11-23-12-4-10-22-23)16-7-8-19-17(14-16)13-15-5-1-2-6-18(15)19/h1-2,4-8,10,12,14H,3,9,11,13H2,(H,21,24). The Labute approximate surface area is 141 Å². The van der Waals surface area contributed by atoms with Gasteiger partial charge in [-0.15, -0.1) is 0 Å². The van der Waals surface area contributed by atoms with E-state index in [9.17, 15) is 4.79 Å². The number of aryl methyl sites for hydroxylation is 1. The van der Waals surface area contributed by atoms with E-state index < -0.39 is 0 Å². The predicted octanol–water partition coefficient (Wildman–Crippen LogP) is 3.27. The van der Waals surface area contributed by atoms with Gasteiger partial charge in [-0.3, -0.25) is 9.48 Å². The Morgan fingerprint density at radius 3 is 2.83 bits per heavy atom. The van der Waals surface area contributed by atoms with Crippen molar-refractivity contribution in [2.75, 3.05) is 6.54 Å². The molecule has 0 saturated heterocycles. The number of aromatic nitrogens is 2. The Kier molecular flexibility index (Phi) is 3.87. The third-order valence-corrected chi connectivity index (χ3v) is 4.46. The number of fused-ring (bicyclic) bond motifs is 3. The first-order valence-corrected chi connectivity index (χ1v) is 8.28. The van der Waals surface area contributed by atoms with Crippen molar-refractivity contribution in [2.45, 2.75) is 19.4 Å². The molecule has 1 N–H and O–H groups in total. The minimum atomic E-state index is -0.00535. The van der Waals surface area contributed by atoms with Crippen molar-refractivity contribution in [1.29, 1.82) is 0 Å². The molecule has 120 valence electrons. The number of benzene rings is 2. The summed E-state index contributed by atoms with van der Waals surface area (Å²) in [5.41, 5.74) is 5.85. The second-order valence-electron chi connectivity index (χ2n) is 6.08. The minimum absolute atomic E-state index is 0.00535. The van der Waals surface area contributed by atoms with Gasteiger partial charge in [0, 0.05) is 31.0 Å². The van der Waals surface area contributed by atoms with Crippen molar-refractivity contribution < 1.29 is 4.79 Å². The van der Waals surface area contributed by atoms with Gasteiger partial charge in [0.25, 0.3) is 5.91 Å². The highest BCUT2D eigenvalue weighted by Gasteiger charge is 2.19. The van der Waals surface area contributed by atoms with Gasteiger partial charge in [-0.1, -0.05) is 30.3 Å². The highest BCUT2D eigenvalue weighted by atomic mass is 16.1. The van der Waals surface area contributed by atoms with Crippen LogP contribution in [0.1, 0.15) is 27.9 Å². The molecule has 0 spiro atoms. The molecule has 1 aromatic heterocycles. The summed E-state index contributed by atoms with van der Waals surface area (Å²) < 4.78 is 1.87. The number of rotatable bonds is 5. The lowest BCUT2D eigenvalue weighted by molar-refractivity contribution is 0.0952. The SMILES string of the molecule is O=C(NCCCn1cccn1)c1ccc2c(c1)Cc1ccccc1-2. The Bertz CT molecular complexity index is 868. The molecular formula is C20H19N3O. The Morgan fingerprint density at radius 2 is 1.96 bits per heavy atom. The molecular weight excluding hydrogens is 298 g/mol. The molecule has 1 amide bonds. The van der Waals surface area contributed by atoms with E-state index in [4.69, 9.17) is 0 Å². The van der Waals surface area contributed by atoms with Crippen molar-refractivity contribution in [3.05, 3.63) is 77.6 Å². The average Bonchev–Trinajstić information content (AvgIpc) is 3.25. The number of hydrogen-bond acceptors (Lipinski definition) is 2. The number of nitrogens with one attached hydrogen (secondary N) is 1. The lowest BCUT2D eigenvalue weighted by Crippen LogP contribution is -2.25. The maximum Gasteiger partial charge on any atom is 0.251 e. The highest BCUT2D eigenvalue weighted by molar-refractivity contribution is 5.95. The van der Waals surface area contributed by atoms with Crippen molar-refractivity contribution in [3.63, 3.8) is 0 Å². The summed E-state index contributed by atoms with van der Waals surface area (Å²) in [7, 11) is 0. The molecule has 24 heavy (non-hydrogen) atoms. The smallest absolute Gasteiger partial charge is 0.251 e. The summed E-state index contributed by atoms with van der Waals surface area (Å²) in [6.07, 6.45) is 5.47. The molecule has 0 unspecified atom stereocenters. The van der Waals surface area contributed by atoms with E-state index in [1.807, 2.05) is 29.1 Å². The summed E-state index contributed by atoms with van der Waals surface area (Å²) in [5, 5.41) is 7.15. The minimum Gasteiger partial charge on any atom is -0.352 e. The van der Waals surface area contributed by atoms with Crippen LogP contribution in [0.15, 0.2) is 60.9 Å². The first kappa shape index (κ1) is 14.7. The van der Waals surface area contributed by atoms with Gasteiger partial charge in [-0.05, 0) is 53.3 Å². The van der Waals surface area contributed by atoms with Gasteiger partial charge in [0.1, 0.15) is 0 Å². The molecule has 0 radical (unpaired) electrons. The monoisotopic (exact) mass is 317 g/mol. The van der Waals surface area contributed by atoms with Gasteiger partial charge >= 0.3 is 0 Å². The zero-order chi connectivity index (χ0) is 16.4. The van der Waals surface area contributed by atoms with Gasteiger partial charge < -0.3 is 5.32 Å². The van der Waals surface area contributed by atoms with Crippen molar-refractivity contribution >= 4 is 5.91 Å². The fourth-order valence-electron chi connectivity index (χ4n) is 3.26. The van der Waals surface area contributed by atoms with E-state index in [1.165, 1.54) is 22.3 Å². The van der Waals surface area contributed by atoms with Crippen molar-refractivity contribution in [3.8, 4) is 11.1 Å². The van der Waals surface area contributed by atoms with Crippen LogP contribution >= 0.6 is 0 Å². The van der Waals surface area contributed by atoms with E-state index in [1.54, 1.807) is 6.20 Å². The molecule has 4 heteroatoms. The zero-order valence-electron chi connectivity index (χ0n) is 13.4. The summed E-state index contributed by atoms with van der Waals surface area (Å²) in [5.74, 6) is -0.00535. The Balaban J connectivity index is 1.38. The third-order valence-electron chi connectivity index (χ3n) is 4.46. The van der Waals surface area contributed by atoms with Crippen LogP contribution < -0.4 is 5.32 Å². The van der Waals surface area contributed by atoms with Gasteiger partial charge in [0.2, 0.25) is 0 Å². The van der Waals surface area contributed by atoms with Crippen LogP contribution in [0.4, 0.5) is 0 Å². The summed E-state index contributed by atoms with van der Waals surface area (Å²) in [4.78, 5) is 12.3. The highest BCUT2D eigenvalue weighted by Crippen LogP contribution is 2.36. The largest absolute Gasteiger partial charge is 0.352 e. The number of amides is 1. The molecule has 0 aliphatic heterocycles. The summed E-state index contributed by atoms with van der Waals surface area (Å²) in [6, 6.07) is 16.4. The Hall–Kier alpha value is -2.88. The third kappa shape index (κ3) is 2.83. The van der Waals surface area contributed by atoms with Crippen molar-refractivity contribution in [1.82, 2.24) is 15.1 Å². The van der Waals surface area contributed by atoms with E-state index >= 15 is 0 Å². The number of hydrogen-bond donors (Lipinski definition) is 1. The topological polar surface area (TPSA) is 46.9 Å². The molecule has 1 heterocycles.